The van der Waals surface area contributed by atoms with Crippen molar-refractivity contribution in [3.8, 4) is 0 Å². The molecule has 0 aliphatic heterocycles. The van der Waals surface area contributed by atoms with Gasteiger partial charge >= 0.3 is 5.97 Å². The third-order valence-corrected chi connectivity index (χ3v) is 5.83. The van der Waals surface area contributed by atoms with Gasteiger partial charge in [-0.2, -0.15) is 0 Å². The normalized spacial score (nSPS) is 16.0. The fourth-order valence-electron chi connectivity index (χ4n) is 3.68. The zero-order valence-corrected chi connectivity index (χ0v) is 19.5. The molecule has 0 saturated carbocycles. The molecule has 4 atom stereocenters. The van der Waals surface area contributed by atoms with Crippen molar-refractivity contribution >= 4 is 5.97 Å². The molecule has 0 saturated heterocycles. The number of aliphatic hydroxyl groups is 1. The SMILES string of the molecule is COC(=O)[C@@H](CO)OCC[C@H](C)CCC[C@H](C)CCC[C@H](C)CCCC(C)C. The summed E-state index contributed by atoms with van der Waals surface area (Å²) in [5, 5.41) is 9.14. The van der Waals surface area contributed by atoms with Crippen LogP contribution in [0.5, 0.6) is 0 Å². The Bertz CT molecular complexity index is 370. The van der Waals surface area contributed by atoms with Crippen LogP contribution in [-0.4, -0.2) is 37.5 Å². The number of esters is 1. The number of hydrogen-bond acceptors (Lipinski definition) is 4. The molecule has 1 N–H and O–H groups in total. The first-order chi connectivity index (χ1) is 13.3. The molecule has 0 radical (unpaired) electrons. The maximum absolute atomic E-state index is 11.4. The fraction of sp³-hybridized carbons (Fsp3) is 0.958. The first kappa shape index (κ1) is 27.4. The molecule has 0 fully saturated rings. The first-order valence-electron chi connectivity index (χ1n) is 11.6. The molecule has 0 spiro atoms. The van der Waals surface area contributed by atoms with E-state index in [0.29, 0.717) is 12.5 Å². The van der Waals surface area contributed by atoms with E-state index in [9.17, 15) is 4.79 Å². The second-order valence-electron chi connectivity index (χ2n) is 9.36. The minimum absolute atomic E-state index is 0.324. The lowest BCUT2D eigenvalue weighted by Crippen LogP contribution is -2.29. The van der Waals surface area contributed by atoms with Gasteiger partial charge in [-0.05, 0) is 30.1 Å². The van der Waals surface area contributed by atoms with Crippen molar-refractivity contribution in [2.75, 3.05) is 20.3 Å². The Morgan fingerprint density at radius 3 is 1.57 bits per heavy atom. The summed E-state index contributed by atoms with van der Waals surface area (Å²) in [6.45, 7) is 11.8. The van der Waals surface area contributed by atoms with Crippen LogP contribution in [0.15, 0.2) is 0 Å². The van der Waals surface area contributed by atoms with Gasteiger partial charge in [-0.1, -0.05) is 92.4 Å². The summed E-state index contributed by atoms with van der Waals surface area (Å²) in [6, 6.07) is 0. The van der Waals surface area contributed by atoms with E-state index in [1.165, 1.54) is 64.9 Å². The van der Waals surface area contributed by atoms with Gasteiger partial charge < -0.3 is 14.6 Å². The molecule has 0 rings (SSSR count). The summed E-state index contributed by atoms with van der Waals surface area (Å²) in [5.41, 5.74) is 0. The van der Waals surface area contributed by atoms with Crippen LogP contribution in [-0.2, 0) is 14.3 Å². The van der Waals surface area contributed by atoms with Crippen LogP contribution in [0.1, 0.15) is 98.8 Å². The molecule has 28 heavy (non-hydrogen) atoms. The van der Waals surface area contributed by atoms with Gasteiger partial charge in [0, 0.05) is 6.61 Å². The zero-order chi connectivity index (χ0) is 21.4. The van der Waals surface area contributed by atoms with E-state index >= 15 is 0 Å². The van der Waals surface area contributed by atoms with Gasteiger partial charge in [0.15, 0.2) is 6.10 Å². The minimum atomic E-state index is -0.843. The van der Waals surface area contributed by atoms with Crippen LogP contribution in [0.4, 0.5) is 0 Å². The molecule has 0 aromatic carbocycles. The number of ether oxygens (including phenoxy) is 2. The maximum Gasteiger partial charge on any atom is 0.337 e. The third-order valence-electron chi connectivity index (χ3n) is 5.83. The highest BCUT2D eigenvalue weighted by atomic mass is 16.6. The molecule has 0 amide bonds. The van der Waals surface area contributed by atoms with E-state index in [1.807, 2.05) is 0 Å². The molecule has 0 aromatic rings. The molecule has 0 unspecified atom stereocenters. The number of carbonyl (C=O) groups excluding carboxylic acids is 1. The van der Waals surface area contributed by atoms with Crippen LogP contribution in [0.2, 0.25) is 0 Å². The molecule has 4 nitrogen and oxygen atoms in total. The summed E-state index contributed by atoms with van der Waals surface area (Å²) in [7, 11) is 1.31. The summed E-state index contributed by atoms with van der Waals surface area (Å²) in [4.78, 5) is 11.4. The van der Waals surface area contributed by atoms with Crippen LogP contribution in [0.3, 0.4) is 0 Å². The van der Waals surface area contributed by atoms with Gasteiger partial charge in [0.05, 0.1) is 13.7 Å². The van der Waals surface area contributed by atoms with Crippen LogP contribution < -0.4 is 0 Å². The lowest BCUT2D eigenvalue weighted by molar-refractivity contribution is -0.157. The molecular weight excluding hydrogens is 352 g/mol. The summed E-state index contributed by atoms with van der Waals surface area (Å²) in [6.07, 6.45) is 12.1. The highest BCUT2D eigenvalue weighted by Crippen LogP contribution is 2.22. The first-order valence-corrected chi connectivity index (χ1v) is 11.6. The Morgan fingerprint density at radius 2 is 1.18 bits per heavy atom. The molecule has 0 aromatic heterocycles. The standard InChI is InChI=1S/C24H48O4/c1-19(2)10-7-11-20(3)12-8-13-21(4)14-9-15-22(5)16-17-28-23(18-25)24(26)27-6/h19-23,25H,7-18H2,1-6H3/t20-,21-,22-,23-/m1/s1. The van der Waals surface area contributed by atoms with Crippen LogP contribution >= 0.6 is 0 Å². The number of rotatable bonds is 18. The smallest absolute Gasteiger partial charge is 0.337 e. The van der Waals surface area contributed by atoms with Gasteiger partial charge in [0.1, 0.15) is 0 Å². The number of hydrogen-bond donors (Lipinski definition) is 1. The predicted molar refractivity (Wildman–Crippen MR) is 117 cm³/mol. The largest absolute Gasteiger partial charge is 0.467 e. The van der Waals surface area contributed by atoms with Gasteiger partial charge in [-0.15, -0.1) is 0 Å². The molecular formula is C24H48O4. The predicted octanol–water partition coefficient (Wildman–Crippen LogP) is 6.00. The van der Waals surface area contributed by atoms with Crippen LogP contribution in [0.25, 0.3) is 0 Å². The molecule has 0 bridgehead atoms. The number of carbonyl (C=O) groups is 1. The zero-order valence-electron chi connectivity index (χ0n) is 19.5. The van der Waals surface area contributed by atoms with E-state index in [-0.39, 0.29) is 6.61 Å². The van der Waals surface area contributed by atoms with E-state index in [0.717, 1.165) is 24.2 Å². The summed E-state index contributed by atoms with van der Waals surface area (Å²) < 4.78 is 10.0. The van der Waals surface area contributed by atoms with E-state index in [4.69, 9.17) is 9.84 Å². The Kier molecular flexibility index (Phi) is 16.9. The van der Waals surface area contributed by atoms with E-state index < -0.39 is 12.1 Å². The van der Waals surface area contributed by atoms with Crippen molar-refractivity contribution in [2.45, 2.75) is 105 Å². The fourth-order valence-corrected chi connectivity index (χ4v) is 3.68. The van der Waals surface area contributed by atoms with Crippen molar-refractivity contribution in [2.24, 2.45) is 23.7 Å². The second kappa shape index (κ2) is 17.3. The quantitative estimate of drug-likeness (QED) is 0.287. The monoisotopic (exact) mass is 400 g/mol. The third kappa shape index (κ3) is 15.3. The minimum Gasteiger partial charge on any atom is -0.467 e. The van der Waals surface area contributed by atoms with E-state index in [1.54, 1.807) is 0 Å². The molecule has 168 valence electrons. The molecule has 0 heterocycles. The van der Waals surface area contributed by atoms with Gasteiger partial charge in [-0.25, -0.2) is 4.79 Å². The lowest BCUT2D eigenvalue weighted by atomic mass is 9.91. The average Bonchev–Trinajstić information content (AvgIpc) is 2.64. The van der Waals surface area contributed by atoms with Crippen LogP contribution in [0, 0.1) is 23.7 Å². The molecule has 4 heteroatoms. The van der Waals surface area contributed by atoms with Crippen molar-refractivity contribution in [3.05, 3.63) is 0 Å². The van der Waals surface area contributed by atoms with Gasteiger partial charge in [0.2, 0.25) is 0 Å². The average molecular weight is 401 g/mol. The van der Waals surface area contributed by atoms with E-state index in [2.05, 4.69) is 39.4 Å². The Labute approximate surface area is 174 Å². The van der Waals surface area contributed by atoms with Gasteiger partial charge in [0.25, 0.3) is 0 Å². The van der Waals surface area contributed by atoms with Crippen molar-refractivity contribution in [3.63, 3.8) is 0 Å². The Hall–Kier alpha value is -0.610. The Morgan fingerprint density at radius 1 is 0.750 bits per heavy atom. The number of aliphatic hydroxyl groups excluding tert-OH is 1. The van der Waals surface area contributed by atoms with Crippen molar-refractivity contribution < 1.29 is 19.4 Å². The Balaban J connectivity index is 3.68. The molecule has 0 aliphatic rings. The maximum atomic E-state index is 11.4. The number of methoxy groups -OCH3 is 1. The van der Waals surface area contributed by atoms with Crippen molar-refractivity contribution in [1.82, 2.24) is 0 Å². The topological polar surface area (TPSA) is 55.8 Å². The molecule has 0 aliphatic carbocycles. The lowest BCUT2D eigenvalue weighted by Gasteiger charge is -2.17. The summed E-state index contributed by atoms with van der Waals surface area (Å²) in [5.74, 6) is 2.59. The second-order valence-corrected chi connectivity index (χ2v) is 9.36. The van der Waals surface area contributed by atoms with Crippen molar-refractivity contribution in [1.29, 1.82) is 0 Å². The highest BCUT2D eigenvalue weighted by Gasteiger charge is 2.18. The highest BCUT2D eigenvalue weighted by molar-refractivity contribution is 5.74. The van der Waals surface area contributed by atoms with Gasteiger partial charge in [-0.3, -0.25) is 0 Å². The summed E-state index contributed by atoms with van der Waals surface area (Å²) >= 11 is 0.